The maximum atomic E-state index is 12.6. The summed E-state index contributed by atoms with van der Waals surface area (Å²) in [5, 5.41) is 2.39. The number of benzene rings is 1. The molecule has 5 nitrogen and oxygen atoms in total. The number of pyridine rings is 1. The highest BCUT2D eigenvalue weighted by Crippen LogP contribution is 2.25. The van der Waals surface area contributed by atoms with Crippen LogP contribution >= 0.6 is 11.3 Å². The molecule has 2 heterocycles. The SMILES string of the molecule is Cc1cccc(OCC(=O)N(c2ccccn2)c2nccs2)c1. The zero-order chi connectivity index (χ0) is 16.1. The van der Waals surface area contributed by atoms with Gasteiger partial charge in [0, 0.05) is 17.8 Å². The van der Waals surface area contributed by atoms with Crippen molar-refractivity contribution in [3.63, 3.8) is 0 Å². The van der Waals surface area contributed by atoms with Crippen molar-refractivity contribution in [3.05, 3.63) is 65.8 Å². The number of ether oxygens (including phenoxy) is 1. The van der Waals surface area contributed by atoms with Crippen molar-refractivity contribution in [1.29, 1.82) is 0 Å². The molecule has 0 aliphatic rings. The summed E-state index contributed by atoms with van der Waals surface area (Å²) in [7, 11) is 0. The molecule has 116 valence electrons. The third-order valence-electron chi connectivity index (χ3n) is 3.09. The molecule has 0 aliphatic heterocycles. The summed E-state index contributed by atoms with van der Waals surface area (Å²) < 4.78 is 5.61. The van der Waals surface area contributed by atoms with E-state index in [9.17, 15) is 4.79 Å². The normalized spacial score (nSPS) is 10.3. The number of hydrogen-bond donors (Lipinski definition) is 0. The van der Waals surface area contributed by atoms with Gasteiger partial charge in [0.1, 0.15) is 11.6 Å². The van der Waals surface area contributed by atoms with Gasteiger partial charge in [0.2, 0.25) is 0 Å². The molecule has 0 radical (unpaired) electrons. The van der Waals surface area contributed by atoms with E-state index in [4.69, 9.17) is 4.74 Å². The number of amides is 1. The number of aromatic nitrogens is 2. The van der Waals surface area contributed by atoms with Gasteiger partial charge in [0.05, 0.1) is 0 Å². The van der Waals surface area contributed by atoms with E-state index < -0.39 is 0 Å². The third-order valence-corrected chi connectivity index (χ3v) is 3.85. The molecule has 0 atom stereocenters. The molecule has 0 unspecified atom stereocenters. The molecule has 23 heavy (non-hydrogen) atoms. The predicted molar refractivity (Wildman–Crippen MR) is 90.2 cm³/mol. The number of thiazole rings is 1. The Kier molecular flexibility index (Phi) is 4.63. The Morgan fingerprint density at radius 1 is 1.17 bits per heavy atom. The van der Waals surface area contributed by atoms with E-state index in [-0.39, 0.29) is 12.5 Å². The second-order valence-corrected chi connectivity index (χ2v) is 5.71. The topological polar surface area (TPSA) is 55.3 Å². The highest BCUT2D eigenvalue weighted by Gasteiger charge is 2.21. The van der Waals surface area contributed by atoms with E-state index in [1.165, 1.54) is 16.2 Å². The molecule has 1 aromatic carbocycles. The monoisotopic (exact) mass is 325 g/mol. The lowest BCUT2D eigenvalue weighted by molar-refractivity contribution is -0.119. The van der Waals surface area contributed by atoms with Crippen LogP contribution in [-0.2, 0) is 4.79 Å². The Morgan fingerprint density at radius 3 is 2.78 bits per heavy atom. The van der Waals surface area contributed by atoms with Crippen LogP contribution in [0.5, 0.6) is 5.75 Å². The fraction of sp³-hybridized carbons (Fsp3) is 0.118. The summed E-state index contributed by atoms with van der Waals surface area (Å²) in [6, 6.07) is 13.0. The first-order valence-electron chi connectivity index (χ1n) is 7.07. The minimum atomic E-state index is -0.222. The summed E-state index contributed by atoms with van der Waals surface area (Å²) in [6.45, 7) is 1.89. The maximum Gasteiger partial charge on any atom is 0.272 e. The molecule has 0 N–H and O–H groups in total. The second-order valence-electron chi connectivity index (χ2n) is 4.84. The van der Waals surface area contributed by atoms with Crippen molar-refractivity contribution in [3.8, 4) is 5.75 Å². The Morgan fingerprint density at radius 2 is 2.09 bits per heavy atom. The van der Waals surface area contributed by atoms with E-state index in [0.717, 1.165) is 5.56 Å². The number of aryl methyl sites for hydroxylation is 1. The summed E-state index contributed by atoms with van der Waals surface area (Å²) >= 11 is 1.38. The summed E-state index contributed by atoms with van der Waals surface area (Å²) in [5.41, 5.74) is 1.08. The molecule has 3 aromatic rings. The zero-order valence-corrected chi connectivity index (χ0v) is 13.4. The summed E-state index contributed by atoms with van der Waals surface area (Å²) in [4.78, 5) is 22.6. The van der Waals surface area contributed by atoms with Crippen molar-refractivity contribution in [2.45, 2.75) is 6.92 Å². The van der Waals surface area contributed by atoms with Crippen molar-refractivity contribution >= 4 is 28.2 Å². The highest BCUT2D eigenvalue weighted by atomic mass is 32.1. The van der Waals surface area contributed by atoms with Gasteiger partial charge in [-0.2, -0.15) is 0 Å². The molecule has 6 heteroatoms. The van der Waals surface area contributed by atoms with Crippen LogP contribution in [0.4, 0.5) is 10.9 Å². The molecule has 0 saturated heterocycles. The first-order valence-corrected chi connectivity index (χ1v) is 7.95. The lowest BCUT2D eigenvalue weighted by Gasteiger charge is -2.19. The van der Waals surface area contributed by atoms with E-state index in [0.29, 0.717) is 16.7 Å². The van der Waals surface area contributed by atoms with E-state index >= 15 is 0 Å². The summed E-state index contributed by atoms with van der Waals surface area (Å²) in [5.74, 6) is 0.971. The average Bonchev–Trinajstić information content (AvgIpc) is 3.08. The fourth-order valence-corrected chi connectivity index (χ4v) is 2.73. The van der Waals surface area contributed by atoms with E-state index in [1.807, 2.05) is 42.6 Å². The molecule has 1 amide bonds. The summed E-state index contributed by atoms with van der Waals surface area (Å²) in [6.07, 6.45) is 3.30. The second kappa shape index (κ2) is 7.02. The molecule has 2 aromatic heterocycles. The number of carbonyl (C=O) groups excluding carboxylic acids is 1. The Hall–Kier alpha value is -2.73. The molecule has 3 rings (SSSR count). The van der Waals surface area contributed by atoms with E-state index in [2.05, 4.69) is 9.97 Å². The molecule has 0 spiro atoms. The average molecular weight is 325 g/mol. The van der Waals surface area contributed by atoms with Gasteiger partial charge in [0.15, 0.2) is 11.7 Å². The quantitative estimate of drug-likeness (QED) is 0.719. The van der Waals surface area contributed by atoms with Crippen molar-refractivity contribution in [2.75, 3.05) is 11.5 Å². The molecule has 0 bridgehead atoms. The van der Waals surface area contributed by atoms with Gasteiger partial charge >= 0.3 is 0 Å². The number of anilines is 2. The van der Waals surface area contributed by atoms with Gasteiger partial charge in [0.25, 0.3) is 5.91 Å². The molecule has 0 fully saturated rings. The van der Waals surface area contributed by atoms with Crippen molar-refractivity contribution < 1.29 is 9.53 Å². The minimum absolute atomic E-state index is 0.0837. The first-order chi connectivity index (χ1) is 11.2. The van der Waals surface area contributed by atoms with Crippen LogP contribution in [0.2, 0.25) is 0 Å². The van der Waals surface area contributed by atoms with Crippen LogP contribution in [0.3, 0.4) is 0 Å². The first kappa shape index (κ1) is 15.2. The Labute approximate surface area is 138 Å². The lowest BCUT2D eigenvalue weighted by atomic mass is 10.2. The molecular weight excluding hydrogens is 310 g/mol. The van der Waals surface area contributed by atoms with Crippen LogP contribution in [0.25, 0.3) is 0 Å². The van der Waals surface area contributed by atoms with Crippen LogP contribution in [0, 0.1) is 6.92 Å². The van der Waals surface area contributed by atoms with Crippen molar-refractivity contribution in [2.24, 2.45) is 0 Å². The fourth-order valence-electron chi connectivity index (χ4n) is 2.06. The van der Waals surface area contributed by atoms with E-state index in [1.54, 1.807) is 24.5 Å². The highest BCUT2D eigenvalue weighted by molar-refractivity contribution is 7.13. The molecular formula is C17H15N3O2S. The van der Waals surface area contributed by atoms with Crippen LogP contribution in [0.1, 0.15) is 5.56 Å². The van der Waals surface area contributed by atoms with Crippen LogP contribution in [0.15, 0.2) is 60.2 Å². The molecule has 0 aliphatic carbocycles. The Balaban J connectivity index is 1.79. The minimum Gasteiger partial charge on any atom is -0.484 e. The zero-order valence-electron chi connectivity index (χ0n) is 12.5. The van der Waals surface area contributed by atoms with Gasteiger partial charge in [-0.3, -0.25) is 4.79 Å². The number of rotatable bonds is 5. The largest absolute Gasteiger partial charge is 0.484 e. The van der Waals surface area contributed by atoms with Gasteiger partial charge in [-0.25, -0.2) is 14.9 Å². The lowest BCUT2D eigenvalue weighted by Crippen LogP contribution is -2.31. The standard InChI is InChI=1S/C17H15N3O2S/c1-13-5-4-6-14(11-13)22-12-16(21)20(17-19-9-10-23-17)15-7-2-3-8-18-15/h2-11H,12H2,1H3. The predicted octanol–water partition coefficient (Wildman–Crippen LogP) is 3.59. The Bertz CT molecular complexity index is 776. The third kappa shape index (κ3) is 3.73. The van der Waals surface area contributed by atoms with Crippen LogP contribution < -0.4 is 9.64 Å². The van der Waals surface area contributed by atoms with Gasteiger partial charge in [-0.05, 0) is 36.8 Å². The smallest absolute Gasteiger partial charge is 0.272 e. The number of nitrogens with zero attached hydrogens (tertiary/aromatic N) is 3. The van der Waals surface area contributed by atoms with Crippen molar-refractivity contribution in [1.82, 2.24) is 9.97 Å². The van der Waals surface area contributed by atoms with Gasteiger partial charge < -0.3 is 4.74 Å². The maximum absolute atomic E-state index is 12.6. The number of carbonyl (C=O) groups is 1. The number of hydrogen-bond acceptors (Lipinski definition) is 5. The van der Waals surface area contributed by atoms with Crippen LogP contribution in [-0.4, -0.2) is 22.5 Å². The van der Waals surface area contributed by atoms with Gasteiger partial charge in [-0.15, -0.1) is 11.3 Å². The molecule has 0 saturated carbocycles. The van der Waals surface area contributed by atoms with Gasteiger partial charge in [-0.1, -0.05) is 18.2 Å².